The van der Waals surface area contributed by atoms with Gasteiger partial charge in [-0.2, -0.15) is 0 Å². The molecule has 64 valence electrons. The van der Waals surface area contributed by atoms with Gasteiger partial charge < -0.3 is 5.11 Å². The molecule has 12 heavy (non-hydrogen) atoms. The maximum Gasteiger partial charge on any atom is 0.120 e. The van der Waals surface area contributed by atoms with E-state index in [0.29, 0.717) is 0 Å². The summed E-state index contributed by atoms with van der Waals surface area (Å²) in [7, 11) is 0. The second kappa shape index (κ2) is 3.61. The summed E-state index contributed by atoms with van der Waals surface area (Å²) >= 11 is 4.90. The lowest BCUT2D eigenvalue weighted by Crippen LogP contribution is -2.14. The van der Waals surface area contributed by atoms with Crippen molar-refractivity contribution < 1.29 is 5.11 Å². The predicted octanol–water partition coefficient (Wildman–Crippen LogP) is 2.63. The second-order valence-corrected chi connectivity index (χ2v) is 5.38. The Morgan fingerprint density at radius 2 is 2.17 bits per heavy atom. The number of hydrogen-bond donors (Lipinski definition) is 1. The molecular formula is C9H9BrOS. The fourth-order valence-corrected chi connectivity index (χ4v) is 1.84. The number of rotatable bonds is 0. The van der Waals surface area contributed by atoms with Crippen LogP contribution < -0.4 is 0 Å². The summed E-state index contributed by atoms with van der Waals surface area (Å²) in [6, 6.07) is 3.87. The molecule has 0 radical (unpaired) electrons. The molecule has 1 aromatic rings. The minimum Gasteiger partial charge on any atom is -0.378 e. The van der Waals surface area contributed by atoms with Crippen molar-refractivity contribution in [3.05, 3.63) is 20.8 Å². The molecule has 0 spiro atoms. The van der Waals surface area contributed by atoms with Crippen molar-refractivity contribution in [1.29, 1.82) is 0 Å². The van der Waals surface area contributed by atoms with Gasteiger partial charge in [0.2, 0.25) is 0 Å². The largest absolute Gasteiger partial charge is 0.378 e. The van der Waals surface area contributed by atoms with Gasteiger partial charge in [0.05, 0.1) is 8.66 Å². The smallest absolute Gasteiger partial charge is 0.120 e. The van der Waals surface area contributed by atoms with Gasteiger partial charge in [-0.15, -0.1) is 11.3 Å². The van der Waals surface area contributed by atoms with Crippen LogP contribution in [0.25, 0.3) is 0 Å². The molecule has 0 aromatic carbocycles. The molecule has 0 unspecified atom stereocenters. The Bertz CT molecular complexity index is 324. The van der Waals surface area contributed by atoms with Crippen LogP contribution in [0.2, 0.25) is 0 Å². The first-order valence-electron chi connectivity index (χ1n) is 3.48. The summed E-state index contributed by atoms with van der Waals surface area (Å²) in [5.74, 6) is 5.64. The molecule has 0 atom stereocenters. The van der Waals surface area contributed by atoms with Crippen LogP contribution in [-0.2, 0) is 0 Å². The van der Waals surface area contributed by atoms with Gasteiger partial charge in [0, 0.05) is 0 Å². The molecule has 1 nitrogen and oxygen atoms in total. The zero-order valence-corrected chi connectivity index (χ0v) is 9.29. The fourth-order valence-electron chi connectivity index (χ4n) is 0.596. The molecule has 3 heteroatoms. The van der Waals surface area contributed by atoms with Gasteiger partial charge in [-0.25, -0.2) is 0 Å². The molecule has 0 fully saturated rings. The average Bonchev–Trinajstić information content (AvgIpc) is 2.30. The zero-order chi connectivity index (χ0) is 9.19. The fraction of sp³-hybridized carbons (Fsp3) is 0.333. The van der Waals surface area contributed by atoms with Crippen LogP contribution in [0.4, 0.5) is 0 Å². The van der Waals surface area contributed by atoms with Crippen LogP contribution in [0.3, 0.4) is 0 Å². The van der Waals surface area contributed by atoms with Crippen molar-refractivity contribution in [1.82, 2.24) is 0 Å². The minimum atomic E-state index is -0.906. The normalized spacial score (nSPS) is 10.7. The summed E-state index contributed by atoms with van der Waals surface area (Å²) in [6.45, 7) is 3.34. The van der Waals surface area contributed by atoms with E-state index in [4.69, 9.17) is 0 Å². The van der Waals surface area contributed by atoms with Crippen molar-refractivity contribution >= 4 is 27.3 Å². The Morgan fingerprint density at radius 3 is 2.58 bits per heavy atom. The first kappa shape index (κ1) is 9.79. The van der Waals surface area contributed by atoms with Crippen molar-refractivity contribution in [3.8, 4) is 11.8 Å². The maximum atomic E-state index is 9.31. The van der Waals surface area contributed by atoms with E-state index >= 15 is 0 Å². The molecule has 1 N–H and O–H groups in total. The third kappa shape index (κ3) is 3.40. The number of hydrogen-bond acceptors (Lipinski definition) is 2. The van der Waals surface area contributed by atoms with E-state index in [9.17, 15) is 5.11 Å². The van der Waals surface area contributed by atoms with Crippen molar-refractivity contribution in [2.75, 3.05) is 0 Å². The highest BCUT2D eigenvalue weighted by Gasteiger charge is 2.05. The Kier molecular flexibility index (Phi) is 2.94. The Balaban J connectivity index is 2.80. The maximum absolute atomic E-state index is 9.31. The molecule has 0 aliphatic carbocycles. The second-order valence-electron chi connectivity index (χ2n) is 2.91. The Hall–Kier alpha value is -0.300. The van der Waals surface area contributed by atoms with E-state index in [1.807, 2.05) is 12.1 Å². The summed E-state index contributed by atoms with van der Waals surface area (Å²) in [5.41, 5.74) is -0.906. The van der Waals surface area contributed by atoms with E-state index in [2.05, 4.69) is 27.8 Å². The molecule has 1 rings (SSSR count). The molecule has 0 saturated carbocycles. The van der Waals surface area contributed by atoms with Gasteiger partial charge in [-0.3, -0.25) is 0 Å². The van der Waals surface area contributed by atoms with E-state index in [1.54, 1.807) is 25.2 Å². The Morgan fingerprint density at radius 1 is 1.50 bits per heavy atom. The number of halogens is 1. The first-order chi connectivity index (χ1) is 5.47. The summed E-state index contributed by atoms with van der Waals surface area (Å²) in [4.78, 5) is 0.962. The molecule has 1 heterocycles. The lowest BCUT2D eigenvalue weighted by molar-refractivity contribution is 0.143. The lowest BCUT2D eigenvalue weighted by Gasteiger charge is -2.05. The minimum absolute atomic E-state index is 0.906. The summed E-state index contributed by atoms with van der Waals surface area (Å²) in [6.07, 6.45) is 0. The zero-order valence-electron chi connectivity index (χ0n) is 6.89. The molecule has 0 saturated heterocycles. The lowest BCUT2D eigenvalue weighted by atomic mass is 10.1. The highest BCUT2D eigenvalue weighted by molar-refractivity contribution is 9.11. The quantitative estimate of drug-likeness (QED) is 0.696. The molecule has 0 bridgehead atoms. The average molecular weight is 245 g/mol. The third-order valence-corrected chi connectivity index (χ3v) is 2.60. The van der Waals surface area contributed by atoms with Gasteiger partial charge in [-0.1, -0.05) is 11.8 Å². The van der Waals surface area contributed by atoms with E-state index in [-0.39, 0.29) is 0 Å². The van der Waals surface area contributed by atoms with Crippen molar-refractivity contribution in [2.24, 2.45) is 0 Å². The highest BCUT2D eigenvalue weighted by atomic mass is 79.9. The molecule has 0 amide bonds. The van der Waals surface area contributed by atoms with Crippen LogP contribution >= 0.6 is 27.3 Å². The van der Waals surface area contributed by atoms with Crippen LogP contribution in [0, 0.1) is 11.8 Å². The van der Waals surface area contributed by atoms with Crippen molar-refractivity contribution in [2.45, 2.75) is 19.4 Å². The predicted molar refractivity (Wildman–Crippen MR) is 55.2 cm³/mol. The molecule has 0 aliphatic rings. The van der Waals surface area contributed by atoms with Crippen LogP contribution in [-0.4, -0.2) is 10.7 Å². The molecule has 1 aromatic heterocycles. The number of aliphatic hydroxyl groups is 1. The van der Waals surface area contributed by atoms with Gasteiger partial charge in [-0.05, 0) is 41.9 Å². The Labute approximate surface area is 84.6 Å². The standard InChI is InChI=1S/C9H9BrOS/c1-9(2,11)6-5-7-3-4-8(10)12-7/h3-4,11H,1-2H3. The van der Waals surface area contributed by atoms with Gasteiger partial charge in [0.1, 0.15) is 5.60 Å². The first-order valence-corrected chi connectivity index (χ1v) is 5.09. The third-order valence-electron chi connectivity index (χ3n) is 1.06. The topological polar surface area (TPSA) is 20.2 Å². The van der Waals surface area contributed by atoms with Gasteiger partial charge in [0.15, 0.2) is 0 Å². The van der Waals surface area contributed by atoms with Gasteiger partial charge in [0.25, 0.3) is 0 Å². The molecule has 0 aliphatic heterocycles. The highest BCUT2D eigenvalue weighted by Crippen LogP contribution is 2.21. The molecular weight excluding hydrogens is 236 g/mol. The van der Waals surface area contributed by atoms with Crippen LogP contribution in [0.1, 0.15) is 18.7 Å². The monoisotopic (exact) mass is 244 g/mol. The SMILES string of the molecule is CC(C)(O)C#Cc1ccc(Br)s1. The van der Waals surface area contributed by atoms with Crippen LogP contribution in [0.5, 0.6) is 0 Å². The number of thiophene rings is 1. The van der Waals surface area contributed by atoms with Crippen molar-refractivity contribution in [3.63, 3.8) is 0 Å². The van der Waals surface area contributed by atoms with Crippen LogP contribution in [0.15, 0.2) is 15.9 Å². The summed E-state index contributed by atoms with van der Waals surface area (Å²) in [5, 5.41) is 9.31. The van der Waals surface area contributed by atoms with E-state index in [0.717, 1.165) is 8.66 Å². The van der Waals surface area contributed by atoms with E-state index < -0.39 is 5.60 Å². The van der Waals surface area contributed by atoms with Gasteiger partial charge >= 0.3 is 0 Å². The van der Waals surface area contributed by atoms with E-state index in [1.165, 1.54) is 0 Å². The summed E-state index contributed by atoms with van der Waals surface area (Å²) < 4.78 is 1.06.